The van der Waals surface area contributed by atoms with Gasteiger partial charge >= 0.3 is 0 Å². The van der Waals surface area contributed by atoms with E-state index in [0.717, 1.165) is 5.69 Å². The van der Waals surface area contributed by atoms with Crippen LogP contribution in [-0.2, 0) is 13.6 Å². The van der Waals surface area contributed by atoms with Crippen LogP contribution in [-0.4, -0.2) is 26.2 Å². The number of rotatable bonds is 6. The van der Waals surface area contributed by atoms with E-state index < -0.39 is 4.92 Å². The van der Waals surface area contributed by atoms with Gasteiger partial charge in [0.2, 0.25) is 0 Å². The van der Waals surface area contributed by atoms with E-state index in [-0.39, 0.29) is 5.69 Å². The van der Waals surface area contributed by atoms with E-state index >= 15 is 0 Å². The topological polar surface area (TPSA) is 97.9 Å². The van der Waals surface area contributed by atoms with Gasteiger partial charge in [-0.15, -0.1) is 0 Å². The minimum Gasteiger partial charge on any atom is -0.370 e. The molecule has 2 heterocycles. The molecule has 0 fully saturated rings. The summed E-state index contributed by atoms with van der Waals surface area (Å²) in [5.74, 6) is 0.936. The fourth-order valence-corrected chi connectivity index (χ4v) is 1.74. The highest BCUT2D eigenvalue weighted by molar-refractivity contribution is 5.54. The van der Waals surface area contributed by atoms with Crippen molar-refractivity contribution in [3.63, 3.8) is 0 Å². The van der Waals surface area contributed by atoms with E-state index in [0.29, 0.717) is 24.7 Å². The van der Waals surface area contributed by atoms with Gasteiger partial charge in [0.05, 0.1) is 29.3 Å². The summed E-state index contributed by atoms with van der Waals surface area (Å²) in [7, 11) is 1.84. The fraction of sp³-hybridized carbons (Fsp3) is 0.333. The molecule has 0 saturated heterocycles. The number of hydrogen-bond donors (Lipinski definition) is 2. The van der Waals surface area contributed by atoms with E-state index in [4.69, 9.17) is 0 Å². The summed E-state index contributed by atoms with van der Waals surface area (Å²) in [5, 5.41) is 21.0. The third kappa shape index (κ3) is 3.22. The number of pyridine rings is 1. The second-order valence-corrected chi connectivity index (χ2v) is 4.18. The predicted octanol–water partition coefficient (Wildman–Crippen LogP) is 1.77. The van der Waals surface area contributed by atoms with Crippen molar-refractivity contribution >= 4 is 17.3 Å². The van der Waals surface area contributed by atoms with Crippen molar-refractivity contribution in [2.45, 2.75) is 13.5 Å². The summed E-state index contributed by atoms with van der Waals surface area (Å²) >= 11 is 0. The molecule has 8 nitrogen and oxygen atoms in total. The molecular weight excluding hydrogens is 260 g/mol. The fourth-order valence-electron chi connectivity index (χ4n) is 1.74. The van der Waals surface area contributed by atoms with Crippen molar-refractivity contribution in [1.82, 2.24) is 14.8 Å². The van der Waals surface area contributed by atoms with E-state index in [2.05, 4.69) is 20.7 Å². The van der Waals surface area contributed by atoms with Crippen LogP contribution in [0.3, 0.4) is 0 Å². The maximum atomic E-state index is 10.9. The van der Waals surface area contributed by atoms with Crippen LogP contribution < -0.4 is 10.6 Å². The Morgan fingerprint density at radius 1 is 1.35 bits per heavy atom. The van der Waals surface area contributed by atoms with Crippen molar-refractivity contribution in [1.29, 1.82) is 0 Å². The molecule has 0 radical (unpaired) electrons. The molecule has 2 rings (SSSR count). The Hall–Kier alpha value is -2.64. The van der Waals surface area contributed by atoms with Gasteiger partial charge in [-0.1, -0.05) is 0 Å². The Kier molecular flexibility index (Phi) is 4.14. The molecule has 8 heteroatoms. The first-order chi connectivity index (χ1) is 9.60. The van der Waals surface area contributed by atoms with Crippen molar-refractivity contribution in [3.05, 3.63) is 40.2 Å². The molecule has 0 amide bonds. The minimum absolute atomic E-state index is 0.00320. The highest BCUT2D eigenvalue weighted by Gasteiger charge is 2.11. The molecule has 0 bridgehead atoms. The van der Waals surface area contributed by atoms with Crippen LogP contribution in [0.15, 0.2) is 24.4 Å². The monoisotopic (exact) mass is 276 g/mol. The Balaban J connectivity index is 2.17. The largest absolute Gasteiger partial charge is 0.370 e. The number of aryl methyl sites for hydroxylation is 1. The lowest BCUT2D eigenvalue weighted by Gasteiger charge is -2.08. The van der Waals surface area contributed by atoms with Crippen LogP contribution in [0.1, 0.15) is 12.6 Å². The molecule has 2 N–H and O–H groups in total. The van der Waals surface area contributed by atoms with Gasteiger partial charge in [0.1, 0.15) is 11.6 Å². The summed E-state index contributed by atoms with van der Waals surface area (Å²) < 4.78 is 1.73. The van der Waals surface area contributed by atoms with Gasteiger partial charge in [0.25, 0.3) is 5.69 Å². The number of nitrogens with one attached hydrogen (secondary N) is 2. The third-order valence-corrected chi connectivity index (χ3v) is 2.75. The molecule has 0 saturated carbocycles. The zero-order valence-electron chi connectivity index (χ0n) is 11.3. The molecule has 0 spiro atoms. The van der Waals surface area contributed by atoms with Crippen molar-refractivity contribution < 1.29 is 4.92 Å². The number of nitrogens with zero attached hydrogens (tertiary/aromatic N) is 4. The van der Waals surface area contributed by atoms with Crippen LogP contribution in [0.2, 0.25) is 0 Å². The Labute approximate surface area is 116 Å². The second kappa shape index (κ2) is 6.00. The SMILES string of the molecule is CCNc1cc([N+](=O)[O-])cc(NCc2ccnn2C)n1. The molecule has 0 unspecified atom stereocenters. The van der Waals surface area contributed by atoms with E-state index in [1.54, 1.807) is 10.9 Å². The van der Waals surface area contributed by atoms with Gasteiger partial charge in [0.15, 0.2) is 0 Å². The van der Waals surface area contributed by atoms with Gasteiger partial charge in [-0.3, -0.25) is 14.8 Å². The van der Waals surface area contributed by atoms with E-state index in [1.807, 2.05) is 20.0 Å². The molecule has 0 aliphatic rings. The molecular formula is C12H16N6O2. The first kappa shape index (κ1) is 13.8. The quantitative estimate of drug-likeness (QED) is 0.616. The average Bonchev–Trinajstić information content (AvgIpc) is 2.82. The van der Waals surface area contributed by atoms with Crippen LogP contribution in [0.25, 0.3) is 0 Å². The van der Waals surface area contributed by atoms with Crippen molar-refractivity contribution in [3.8, 4) is 0 Å². The molecule has 0 atom stereocenters. The first-order valence-corrected chi connectivity index (χ1v) is 6.21. The lowest BCUT2D eigenvalue weighted by Crippen LogP contribution is -2.08. The second-order valence-electron chi connectivity index (χ2n) is 4.18. The van der Waals surface area contributed by atoms with Gasteiger partial charge in [-0.25, -0.2) is 4.98 Å². The molecule has 0 aliphatic heterocycles. The highest BCUT2D eigenvalue weighted by Crippen LogP contribution is 2.20. The third-order valence-electron chi connectivity index (χ3n) is 2.75. The minimum atomic E-state index is -0.433. The molecule has 2 aromatic heterocycles. The van der Waals surface area contributed by atoms with Crippen LogP contribution >= 0.6 is 0 Å². The van der Waals surface area contributed by atoms with Gasteiger partial charge < -0.3 is 10.6 Å². The number of anilines is 2. The normalized spacial score (nSPS) is 10.3. The molecule has 20 heavy (non-hydrogen) atoms. The summed E-state index contributed by atoms with van der Waals surface area (Å²) in [6.45, 7) is 3.05. The molecule has 0 aromatic carbocycles. The zero-order chi connectivity index (χ0) is 14.5. The number of aromatic nitrogens is 3. The van der Waals surface area contributed by atoms with E-state index in [9.17, 15) is 10.1 Å². The summed E-state index contributed by atoms with van der Waals surface area (Å²) in [5.41, 5.74) is 0.965. The van der Waals surface area contributed by atoms with Crippen LogP contribution in [0.4, 0.5) is 17.3 Å². The maximum Gasteiger partial charge on any atom is 0.276 e. The Bertz CT molecular complexity index is 610. The summed E-state index contributed by atoms with van der Waals surface area (Å²) in [4.78, 5) is 14.8. The van der Waals surface area contributed by atoms with Crippen LogP contribution in [0.5, 0.6) is 0 Å². The highest BCUT2D eigenvalue weighted by atomic mass is 16.6. The lowest BCUT2D eigenvalue weighted by atomic mass is 10.3. The standard InChI is InChI=1S/C12H16N6O2/c1-3-13-11-6-10(18(19)20)7-12(16-11)14-8-9-4-5-15-17(9)2/h4-7H,3,8H2,1-2H3,(H2,13,14,16). The van der Waals surface area contributed by atoms with Crippen molar-refractivity contribution in [2.75, 3.05) is 17.2 Å². The Morgan fingerprint density at radius 3 is 2.60 bits per heavy atom. The van der Waals surface area contributed by atoms with Gasteiger partial charge in [-0.2, -0.15) is 5.10 Å². The number of nitro groups is 1. The lowest BCUT2D eigenvalue weighted by molar-refractivity contribution is -0.384. The van der Waals surface area contributed by atoms with Gasteiger partial charge in [-0.05, 0) is 13.0 Å². The number of hydrogen-bond acceptors (Lipinski definition) is 6. The van der Waals surface area contributed by atoms with Crippen molar-refractivity contribution in [2.24, 2.45) is 7.05 Å². The molecule has 0 aliphatic carbocycles. The first-order valence-electron chi connectivity index (χ1n) is 6.21. The zero-order valence-corrected chi connectivity index (χ0v) is 11.3. The molecule has 2 aromatic rings. The smallest absolute Gasteiger partial charge is 0.276 e. The summed E-state index contributed by atoms with van der Waals surface area (Å²) in [6, 6.07) is 4.70. The predicted molar refractivity (Wildman–Crippen MR) is 75.6 cm³/mol. The Morgan fingerprint density at radius 2 is 2.05 bits per heavy atom. The van der Waals surface area contributed by atoms with E-state index in [1.165, 1.54) is 12.1 Å². The van der Waals surface area contributed by atoms with Crippen LogP contribution in [0, 0.1) is 10.1 Å². The average molecular weight is 276 g/mol. The summed E-state index contributed by atoms with van der Waals surface area (Å²) in [6.07, 6.45) is 1.70. The maximum absolute atomic E-state index is 10.9. The van der Waals surface area contributed by atoms with Gasteiger partial charge in [0, 0.05) is 19.8 Å². The molecule has 106 valence electrons.